The lowest BCUT2D eigenvalue weighted by atomic mass is 10.0. The number of nitrogens with zero attached hydrogens (tertiary/aromatic N) is 2. The number of nitrogens with one attached hydrogen (secondary N) is 1. The zero-order valence-electron chi connectivity index (χ0n) is 10.2. The molecule has 0 bridgehead atoms. The first-order valence-electron chi connectivity index (χ1n) is 5.60. The smallest absolute Gasteiger partial charge is 0.231 e. The number of rotatable bonds is 5. The Bertz CT molecular complexity index is 298. The van der Waals surface area contributed by atoms with Crippen molar-refractivity contribution in [3.63, 3.8) is 0 Å². The van der Waals surface area contributed by atoms with Gasteiger partial charge < -0.3 is 9.84 Å². The third kappa shape index (κ3) is 2.78. The molecule has 1 rings (SSSR count). The van der Waals surface area contributed by atoms with Gasteiger partial charge in [0.15, 0.2) is 5.82 Å². The fourth-order valence-electron chi connectivity index (χ4n) is 1.28. The zero-order chi connectivity index (χ0) is 11.4. The van der Waals surface area contributed by atoms with Crippen LogP contribution in [-0.2, 0) is 0 Å². The van der Waals surface area contributed by atoms with Gasteiger partial charge in [-0.25, -0.2) is 0 Å². The van der Waals surface area contributed by atoms with Crippen LogP contribution in [-0.4, -0.2) is 23.2 Å². The van der Waals surface area contributed by atoms with Crippen molar-refractivity contribution in [2.45, 2.75) is 52.0 Å². The number of likely N-dealkylation sites (N-methyl/N-ethyl adjacent to an activating group) is 1. The van der Waals surface area contributed by atoms with Gasteiger partial charge in [-0.3, -0.25) is 0 Å². The summed E-state index contributed by atoms with van der Waals surface area (Å²) in [7, 11) is 1.94. The highest BCUT2D eigenvalue weighted by Gasteiger charge is 2.20. The lowest BCUT2D eigenvalue weighted by Gasteiger charge is -2.14. The Morgan fingerprint density at radius 3 is 2.53 bits per heavy atom. The maximum absolute atomic E-state index is 5.27. The molecule has 1 heterocycles. The van der Waals surface area contributed by atoms with E-state index in [0.717, 1.165) is 18.1 Å². The Balaban J connectivity index is 2.75. The molecule has 0 saturated heterocycles. The Kier molecular flexibility index (Phi) is 4.27. The summed E-state index contributed by atoms with van der Waals surface area (Å²) in [5, 5.41) is 7.20. The van der Waals surface area contributed by atoms with E-state index in [1.807, 2.05) is 7.05 Å². The van der Waals surface area contributed by atoms with E-state index >= 15 is 0 Å². The summed E-state index contributed by atoms with van der Waals surface area (Å²) in [5.74, 6) is 2.18. The van der Waals surface area contributed by atoms with Gasteiger partial charge in [0.25, 0.3) is 0 Å². The molecule has 4 nitrogen and oxygen atoms in total. The summed E-state index contributed by atoms with van der Waals surface area (Å²) in [4.78, 5) is 4.43. The second-order valence-corrected chi connectivity index (χ2v) is 4.17. The van der Waals surface area contributed by atoms with Crippen LogP contribution in [0.3, 0.4) is 0 Å². The Labute approximate surface area is 91.5 Å². The molecule has 4 heteroatoms. The van der Waals surface area contributed by atoms with Crippen molar-refractivity contribution in [1.82, 2.24) is 15.5 Å². The molecular formula is C11H21N3O. The van der Waals surface area contributed by atoms with E-state index in [9.17, 15) is 0 Å². The third-order valence-electron chi connectivity index (χ3n) is 3.11. The highest BCUT2D eigenvalue weighted by molar-refractivity contribution is 4.99. The van der Waals surface area contributed by atoms with Crippen molar-refractivity contribution >= 4 is 0 Å². The van der Waals surface area contributed by atoms with Gasteiger partial charge in [-0.1, -0.05) is 25.9 Å². The van der Waals surface area contributed by atoms with E-state index in [2.05, 4.69) is 43.2 Å². The van der Waals surface area contributed by atoms with E-state index in [1.54, 1.807) is 0 Å². The molecule has 0 amide bonds. The lowest BCUT2D eigenvalue weighted by molar-refractivity contribution is 0.331. The van der Waals surface area contributed by atoms with Crippen LogP contribution in [0.5, 0.6) is 0 Å². The van der Waals surface area contributed by atoms with Crippen molar-refractivity contribution in [3.05, 3.63) is 11.7 Å². The lowest BCUT2D eigenvalue weighted by Crippen LogP contribution is -2.27. The first-order chi connectivity index (χ1) is 7.10. The number of hydrogen-bond donors (Lipinski definition) is 1. The summed E-state index contributed by atoms with van der Waals surface area (Å²) in [6.07, 6.45) is 1.04. The second kappa shape index (κ2) is 5.26. The molecule has 0 aliphatic heterocycles. The minimum absolute atomic E-state index is 0.250. The molecule has 3 atom stereocenters. The summed E-state index contributed by atoms with van der Waals surface area (Å²) >= 11 is 0. The fourth-order valence-corrected chi connectivity index (χ4v) is 1.28. The zero-order valence-corrected chi connectivity index (χ0v) is 10.2. The van der Waals surface area contributed by atoms with Gasteiger partial charge in [0, 0.05) is 12.0 Å². The van der Waals surface area contributed by atoms with E-state index in [1.165, 1.54) is 0 Å². The Morgan fingerprint density at radius 1 is 1.33 bits per heavy atom. The molecule has 86 valence electrons. The Morgan fingerprint density at radius 2 is 2.00 bits per heavy atom. The van der Waals surface area contributed by atoms with Crippen molar-refractivity contribution in [2.24, 2.45) is 0 Å². The summed E-state index contributed by atoms with van der Waals surface area (Å²) in [5.41, 5.74) is 0. The third-order valence-corrected chi connectivity index (χ3v) is 3.11. The van der Waals surface area contributed by atoms with Crippen LogP contribution >= 0.6 is 0 Å². The van der Waals surface area contributed by atoms with Gasteiger partial charge in [0.05, 0.1) is 5.92 Å². The molecule has 0 fully saturated rings. The quantitative estimate of drug-likeness (QED) is 0.812. The number of hydrogen-bond acceptors (Lipinski definition) is 4. The van der Waals surface area contributed by atoms with Crippen LogP contribution in [0.2, 0.25) is 0 Å². The highest BCUT2D eigenvalue weighted by Crippen LogP contribution is 2.20. The first-order valence-corrected chi connectivity index (χ1v) is 5.60. The van der Waals surface area contributed by atoms with Crippen molar-refractivity contribution < 1.29 is 4.52 Å². The van der Waals surface area contributed by atoms with E-state index in [4.69, 9.17) is 4.52 Å². The average molecular weight is 211 g/mol. The van der Waals surface area contributed by atoms with Crippen LogP contribution in [0.4, 0.5) is 0 Å². The standard InChI is InChI=1S/C11H21N3O/c1-6-7(2)10-13-11(15-14-10)8(3)9(4)12-5/h7-9,12H,6H2,1-5H3. The molecule has 1 N–H and O–H groups in total. The molecule has 15 heavy (non-hydrogen) atoms. The van der Waals surface area contributed by atoms with Crippen LogP contribution in [0.15, 0.2) is 4.52 Å². The Hall–Kier alpha value is -0.900. The van der Waals surface area contributed by atoms with Crippen LogP contribution in [0.1, 0.15) is 57.7 Å². The minimum Gasteiger partial charge on any atom is -0.339 e. The SMILES string of the molecule is CCC(C)c1noc(C(C)C(C)NC)n1. The molecular weight excluding hydrogens is 190 g/mol. The van der Waals surface area contributed by atoms with Gasteiger partial charge in [0.1, 0.15) is 0 Å². The molecule has 1 aromatic rings. The van der Waals surface area contributed by atoms with Gasteiger partial charge in [-0.2, -0.15) is 4.98 Å². The molecule has 0 saturated carbocycles. The molecule has 3 unspecified atom stereocenters. The fraction of sp³-hybridized carbons (Fsp3) is 0.818. The maximum Gasteiger partial charge on any atom is 0.231 e. The minimum atomic E-state index is 0.250. The topological polar surface area (TPSA) is 51.0 Å². The predicted molar refractivity (Wildman–Crippen MR) is 59.9 cm³/mol. The van der Waals surface area contributed by atoms with Crippen molar-refractivity contribution in [2.75, 3.05) is 7.05 Å². The molecule has 1 aromatic heterocycles. The number of aromatic nitrogens is 2. The van der Waals surface area contributed by atoms with Gasteiger partial charge in [-0.15, -0.1) is 0 Å². The van der Waals surface area contributed by atoms with Crippen LogP contribution < -0.4 is 5.32 Å². The second-order valence-electron chi connectivity index (χ2n) is 4.17. The molecule has 0 spiro atoms. The first kappa shape index (κ1) is 12.2. The predicted octanol–water partition coefficient (Wildman–Crippen LogP) is 2.29. The highest BCUT2D eigenvalue weighted by atomic mass is 16.5. The average Bonchev–Trinajstić information content (AvgIpc) is 2.75. The maximum atomic E-state index is 5.27. The van der Waals surface area contributed by atoms with E-state index in [-0.39, 0.29) is 5.92 Å². The summed E-state index contributed by atoms with van der Waals surface area (Å²) in [6, 6.07) is 0.343. The van der Waals surface area contributed by atoms with Gasteiger partial charge in [0.2, 0.25) is 5.89 Å². The van der Waals surface area contributed by atoms with Crippen molar-refractivity contribution in [1.29, 1.82) is 0 Å². The van der Waals surface area contributed by atoms with Crippen LogP contribution in [0.25, 0.3) is 0 Å². The largest absolute Gasteiger partial charge is 0.339 e. The molecule has 0 radical (unpaired) electrons. The van der Waals surface area contributed by atoms with E-state index in [0.29, 0.717) is 12.0 Å². The van der Waals surface area contributed by atoms with E-state index < -0.39 is 0 Å². The molecule has 0 aliphatic rings. The van der Waals surface area contributed by atoms with Crippen molar-refractivity contribution in [3.8, 4) is 0 Å². The van der Waals surface area contributed by atoms with Gasteiger partial charge in [-0.05, 0) is 20.4 Å². The monoisotopic (exact) mass is 211 g/mol. The van der Waals surface area contributed by atoms with Gasteiger partial charge >= 0.3 is 0 Å². The normalized spacial score (nSPS) is 17.4. The molecule has 0 aromatic carbocycles. The molecule has 0 aliphatic carbocycles. The summed E-state index contributed by atoms with van der Waals surface area (Å²) in [6.45, 7) is 8.44. The van der Waals surface area contributed by atoms with Crippen LogP contribution in [0, 0.1) is 0 Å². The summed E-state index contributed by atoms with van der Waals surface area (Å²) < 4.78 is 5.27.